The molecule has 2 aromatic rings. The van der Waals surface area contributed by atoms with Crippen molar-refractivity contribution in [1.82, 2.24) is 10.5 Å². The zero-order valence-corrected chi connectivity index (χ0v) is 14.3. The molecular weight excluding hydrogens is 349 g/mol. The van der Waals surface area contributed by atoms with Gasteiger partial charge in [-0.25, -0.2) is 0 Å². The van der Waals surface area contributed by atoms with E-state index in [1.54, 1.807) is 0 Å². The van der Waals surface area contributed by atoms with E-state index in [1.165, 1.54) is 19.1 Å². The Kier molecular flexibility index (Phi) is 4.93. The van der Waals surface area contributed by atoms with Crippen LogP contribution in [0.2, 0.25) is 0 Å². The molecule has 0 bridgehead atoms. The fraction of sp³-hybridized carbons (Fsp3) is 0.444. The van der Waals surface area contributed by atoms with Crippen molar-refractivity contribution < 1.29 is 27.2 Å². The number of hydrogen-bond donors (Lipinski definition) is 1. The van der Waals surface area contributed by atoms with Crippen LogP contribution in [-0.2, 0) is 11.0 Å². The summed E-state index contributed by atoms with van der Waals surface area (Å²) in [5.41, 5.74) is 0.101. The molecule has 1 saturated carbocycles. The van der Waals surface area contributed by atoms with E-state index in [1.807, 2.05) is 13.0 Å². The van der Waals surface area contributed by atoms with Gasteiger partial charge in [-0.3, -0.25) is 4.79 Å². The van der Waals surface area contributed by atoms with E-state index >= 15 is 0 Å². The fourth-order valence-corrected chi connectivity index (χ4v) is 2.89. The molecule has 1 aromatic heterocycles. The number of alkyl halides is 3. The number of aromatic nitrogens is 1. The second-order valence-electron chi connectivity index (χ2n) is 6.51. The van der Waals surface area contributed by atoms with Crippen LogP contribution in [0.15, 0.2) is 34.9 Å². The molecule has 1 aliphatic rings. The molecule has 1 N–H and O–H groups in total. The number of rotatable bonds is 5. The molecule has 0 saturated heterocycles. The largest absolute Gasteiger partial charge is 0.490 e. The molecule has 5 nitrogen and oxygen atoms in total. The van der Waals surface area contributed by atoms with E-state index in [9.17, 15) is 18.0 Å². The van der Waals surface area contributed by atoms with Gasteiger partial charge in [-0.15, -0.1) is 0 Å². The molecule has 140 valence electrons. The number of amides is 1. The van der Waals surface area contributed by atoms with Crippen LogP contribution in [-0.4, -0.2) is 17.2 Å². The monoisotopic (exact) mass is 368 g/mol. The van der Waals surface area contributed by atoms with E-state index in [0.717, 1.165) is 17.8 Å². The maximum atomic E-state index is 12.5. The molecule has 1 amide bonds. The summed E-state index contributed by atoms with van der Waals surface area (Å²) in [5.74, 6) is 1.03. The number of nitrogens with one attached hydrogen (secondary N) is 1. The molecule has 1 fully saturated rings. The average Bonchev–Trinajstić information content (AvgIpc) is 2.99. The molecule has 1 heterocycles. The van der Waals surface area contributed by atoms with Crippen LogP contribution in [0.4, 0.5) is 13.2 Å². The lowest BCUT2D eigenvalue weighted by Crippen LogP contribution is -2.32. The first-order valence-corrected chi connectivity index (χ1v) is 8.30. The van der Waals surface area contributed by atoms with Crippen molar-refractivity contribution in [3.05, 3.63) is 47.3 Å². The highest BCUT2D eigenvalue weighted by Crippen LogP contribution is 2.39. The van der Waals surface area contributed by atoms with Crippen molar-refractivity contribution >= 4 is 5.91 Å². The molecule has 1 aliphatic carbocycles. The van der Waals surface area contributed by atoms with E-state index in [0.29, 0.717) is 24.4 Å². The highest BCUT2D eigenvalue weighted by atomic mass is 19.4. The van der Waals surface area contributed by atoms with Gasteiger partial charge in [0.1, 0.15) is 5.75 Å². The smallest absolute Gasteiger partial charge is 0.416 e. The van der Waals surface area contributed by atoms with Crippen molar-refractivity contribution in [2.45, 2.75) is 50.9 Å². The van der Waals surface area contributed by atoms with E-state index in [4.69, 9.17) is 9.26 Å². The van der Waals surface area contributed by atoms with Crippen LogP contribution in [0, 0.1) is 0 Å². The number of benzene rings is 1. The molecule has 8 heteroatoms. The first-order valence-electron chi connectivity index (χ1n) is 8.30. The molecular formula is C18H19F3N2O3. The van der Waals surface area contributed by atoms with Gasteiger partial charge in [0.2, 0.25) is 5.91 Å². The van der Waals surface area contributed by atoms with Gasteiger partial charge < -0.3 is 14.6 Å². The molecule has 1 atom stereocenters. The molecule has 1 aromatic carbocycles. The van der Waals surface area contributed by atoms with Gasteiger partial charge in [-0.05, 0) is 44.0 Å². The fourth-order valence-electron chi connectivity index (χ4n) is 2.89. The zero-order valence-electron chi connectivity index (χ0n) is 14.3. The van der Waals surface area contributed by atoms with Gasteiger partial charge in [0.05, 0.1) is 23.4 Å². The van der Waals surface area contributed by atoms with Crippen molar-refractivity contribution in [3.8, 4) is 5.75 Å². The Hall–Kier alpha value is -2.51. The molecule has 0 aliphatic heterocycles. The summed E-state index contributed by atoms with van der Waals surface area (Å²) in [6, 6.07) is 6.25. The van der Waals surface area contributed by atoms with Crippen LogP contribution in [0.5, 0.6) is 5.75 Å². The Balaban J connectivity index is 1.51. The maximum absolute atomic E-state index is 12.5. The van der Waals surface area contributed by atoms with Gasteiger partial charge in [-0.2, -0.15) is 13.2 Å². The van der Waals surface area contributed by atoms with Crippen LogP contribution in [0.3, 0.4) is 0 Å². The molecule has 3 rings (SSSR count). The van der Waals surface area contributed by atoms with E-state index in [-0.39, 0.29) is 24.0 Å². The van der Waals surface area contributed by atoms with E-state index < -0.39 is 11.7 Å². The van der Waals surface area contributed by atoms with Crippen molar-refractivity contribution in [1.29, 1.82) is 0 Å². The highest BCUT2D eigenvalue weighted by molar-refractivity contribution is 5.73. The Morgan fingerprint density at radius 1 is 1.31 bits per heavy atom. The van der Waals surface area contributed by atoms with Crippen molar-refractivity contribution in [2.24, 2.45) is 0 Å². The van der Waals surface area contributed by atoms with Crippen LogP contribution >= 0.6 is 0 Å². The maximum Gasteiger partial charge on any atom is 0.416 e. The lowest BCUT2D eigenvalue weighted by atomic mass is 9.80. The summed E-state index contributed by atoms with van der Waals surface area (Å²) in [6.07, 6.45) is -2.99. The van der Waals surface area contributed by atoms with Gasteiger partial charge >= 0.3 is 6.18 Å². The Bertz CT molecular complexity index is 765. The minimum absolute atomic E-state index is 0.0651. The van der Waals surface area contributed by atoms with Gasteiger partial charge in [0.15, 0.2) is 5.76 Å². The standard InChI is InChI=1S/C18H19F3N2O3/c1-10(22-11(2)24)17-9-16(23-26-17)12-7-15(8-12)25-14-5-3-13(4-6-14)18(19,20)21/h3-6,9-10,12,15H,7-8H2,1-2H3,(H,22,24)/t10-,12?,15?/m0/s1. The first kappa shape index (κ1) is 18.3. The molecule has 0 radical (unpaired) electrons. The Morgan fingerprint density at radius 3 is 2.54 bits per heavy atom. The summed E-state index contributed by atoms with van der Waals surface area (Å²) in [5, 5.41) is 6.77. The minimum atomic E-state index is -4.35. The Labute approximate surface area is 148 Å². The van der Waals surface area contributed by atoms with Crippen molar-refractivity contribution in [2.75, 3.05) is 0 Å². The first-order chi connectivity index (χ1) is 12.2. The Morgan fingerprint density at radius 2 is 1.96 bits per heavy atom. The SMILES string of the molecule is CC(=O)N[C@@H](C)c1cc(C2CC(Oc3ccc(C(F)(F)F)cc3)C2)no1. The van der Waals surface area contributed by atoms with Crippen LogP contribution in [0.25, 0.3) is 0 Å². The molecule has 26 heavy (non-hydrogen) atoms. The lowest BCUT2D eigenvalue weighted by Gasteiger charge is -2.34. The topological polar surface area (TPSA) is 64.4 Å². The third kappa shape index (κ3) is 4.17. The summed E-state index contributed by atoms with van der Waals surface area (Å²) >= 11 is 0. The third-order valence-electron chi connectivity index (χ3n) is 4.39. The lowest BCUT2D eigenvalue weighted by molar-refractivity contribution is -0.137. The summed E-state index contributed by atoms with van der Waals surface area (Å²) in [4.78, 5) is 11.1. The highest BCUT2D eigenvalue weighted by Gasteiger charge is 2.35. The number of hydrogen-bond acceptors (Lipinski definition) is 4. The second kappa shape index (κ2) is 7.01. The van der Waals surface area contributed by atoms with Gasteiger partial charge in [0.25, 0.3) is 0 Å². The minimum Gasteiger partial charge on any atom is -0.490 e. The third-order valence-corrected chi connectivity index (χ3v) is 4.39. The number of carbonyl (C=O) groups is 1. The molecule has 0 spiro atoms. The summed E-state index contributed by atoms with van der Waals surface area (Å²) < 4.78 is 48.6. The normalized spacial score (nSPS) is 21.0. The van der Waals surface area contributed by atoms with Crippen LogP contribution in [0.1, 0.15) is 55.7 Å². The number of halogens is 3. The van der Waals surface area contributed by atoms with E-state index in [2.05, 4.69) is 10.5 Å². The predicted octanol–water partition coefficient (Wildman–Crippen LogP) is 4.22. The average molecular weight is 368 g/mol. The van der Waals surface area contributed by atoms with Gasteiger partial charge in [-0.1, -0.05) is 5.16 Å². The van der Waals surface area contributed by atoms with Crippen LogP contribution < -0.4 is 10.1 Å². The van der Waals surface area contributed by atoms with Gasteiger partial charge in [0, 0.05) is 18.9 Å². The molecule has 0 unspecified atom stereocenters. The quantitative estimate of drug-likeness (QED) is 0.858. The number of ether oxygens (including phenoxy) is 1. The zero-order chi connectivity index (χ0) is 18.9. The number of carbonyl (C=O) groups excluding carboxylic acids is 1. The van der Waals surface area contributed by atoms with Crippen molar-refractivity contribution in [3.63, 3.8) is 0 Å². The summed E-state index contributed by atoms with van der Waals surface area (Å²) in [7, 11) is 0. The summed E-state index contributed by atoms with van der Waals surface area (Å²) in [6.45, 7) is 3.24. The second-order valence-corrected chi connectivity index (χ2v) is 6.51. The predicted molar refractivity (Wildman–Crippen MR) is 86.6 cm³/mol. The number of nitrogens with zero attached hydrogens (tertiary/aromatic N) is 1.